The molecule has 0 aromatic carbocycles. The standard InChI is InChI=1S/61Co. The topological polar surface area (TPSA) is 0 Å². The van der Waals surface area contributed by atoms with Crippen molar-refractivity contribution in [1.29, 1.82) is 0 Å². The maximum Gasteiger partial charge on any atom is 0 e. The quantitative estimate of drug-likeness (QED) is 0.317. The summed E-state index contributed by atoms with van der Waals surface area (Å²) in [5, 5.41) is 0. The van der Waals surface area contributed by atoms with Crippen LogP contribution in [0, 0.1) is 0 Å². The van der Waals surface area contributed by atoms with E-state index < -0.39 is 0 Å². The average Bonchev–Trinajstić information content (AvgIpc) is 0. The fourth-order valence-electron chi connectivity index (χ4n) is 0. The van der Waals surface area contributed by atoms with Gasteiger partial charge in [0, 0.05) is 1020 Å². The second-order valence-corrected chi connectivity index (χ2v) is 0. The minimum Gasteiger partial charge on any atom is 0 e. The largest absolute Gasteiger partial charge is 0 e. The molecule has 0 aromatic heterocycles. The van der Waals surface area contributed by atoms with Crippen LogP contribution in [0.3, 0.4) is 0 Å². The number of hydrogen-bond donors (Lipinski definition) is 0. The third-order valence-corrected chi connectivity index (χ3v) is 0. The second-order valence-electron chi connectivity index (χ2n) is 0. The molecule has 0 rings (SSSR count). The Balaban J connectivity index is 0. The molecule has 0 fully saturated rings. The van der Waals surface area contributed by atoms with Crippen molar-refractivity contribution in [2.45, 2.75) is 0 Å². The summed E-state index contributed by atoms with van der Waals surface area (Å²) in [5.74, 6) is 0. The smallest absolute Gasteiger partial charge is 0 e. The van der Waals surface area contributed by atoms with Crippen LogP contribution in [0.25, 0.3) is 0 Å². The Morgan fingerprint density at radius 2 is 0.0164 bits per heavy atom. The summed E-state index contributed by atoms with van der Waals surface area (Å²) in [4.78, 5) is 0. The minimum atomic E-state index is 0. The first kappa shape index (κ1) is 795. The van der Waals surface area contributed by atoms with E-state index in [0.29, 0.717) is 0 Å². The van der Waals surface area contributed by atoms with E-state index in [-0.39, 0.29) is 1020 Å². The molecular weight excluding hydrogens is 3590 g/mol. The van der Waals surface area contributed by atoms with Gasteiger partial charge in [0.05, 0.1) is 0 Å². The predicted molar refractivity (Wildman–Crippen MR) is 0 cm³/mol. The average molecular weight is 3590 g/mol. The molecule has 61 heavy (non-hydrogen) atoms. The zero-order valence-corrected chi connectivity index (χ0v) is 83.8. The van der Waals surface area contributed by atoms with E-state index in [4.69, 9.17) is 0 Å². The van der Waals surface area contributed by atoms with Crippen LogP contribution in [0.5, 0.6) is 0 Å². The molecule has 0 amide bonds. The van der Waals surface area contributed by atoms with E-state index in [2.05, 4.69) is 0 Å². The van der Waals surface area contributed by atoms with Crippen molar-refractivity contribution in [3.8, 4) is 0 Å². The Kier molecular flexibility index (Phi) is 10000. The molecule has 0 nitrogen and oxygen atoms in total. The molecule has 0 saturated heterocycles. The van der Waals surface area contributed by atoms with Gasteiger partial charge in [-0.1, -0.05) is 0 Å². The van der Waals surface area contributed by atoms with Gasteiger partial charge in [-0.3, -0.25) is 0 Å². The molecule has 0 aliphatic carbocycles. The fraction of sp³-hybridized carbons (Fsp3) is 0. The molecule has 0 aromatic rings. The molecule has 0 aliphatic heterocycles. The van der Waals surface area contributed by atoms with Gasteiger partial charge >= 0.3 is 0 Å². The number of rotatable bonds is 0. The van der Waals surface area contributed by atoms with E-state index in [1.165, 1.54) is 0 Å². The van der Waals surface area contributed by atoms with Crippen molar-refractivity contribution >= 4 is 0 Å². The first-order chi connectivity index (χ1) is 0. The minimum absolute atomic E-state index is 0. The molecule has 549 valence electrons. The van der Waals surface area contributed by atoms with Crippen molar-refractivity contribution in [2.75, 3.05) is 0 Å². The van der Waals surface area contributed by atoms with E-state index in [9.17, 15) is 0 Å². The van der Waals surface area contributed by atoms with Gasteiger partial charge in [-0.2, -0.15) is 0 Å². The van der Waals surface area contributed by atoms with Gasteiger partial charge in [0.2, 0.25) is 0 Å². The monoisotopic (exact) mass is 3590 g/mol. The molecular formula is Co61. The molecule has 0 aliphatic rings. The van der Waals surface area contributed by atoms with Gasteiger partial charge in [-0.25, -0.2) is 0 Å². The Morgan fingerprint density at radius 3 is 0.0164 bits per heavy atom. The normalized spacial score (nSPS) is 0. The van der Waals surface area contributed by atoms with Crippen LogP contribution >= 0.6 is 0 Å². The molecule has 61 heteroatoms. The first-order valence-corrected chi connectivity index (χ1v) is 0. The first-order valence-electron chi connectivity index (χ1n) is 0. The van der Waals surface area contributed by atoms with Crippen molar-refractivity contribution in [2.24, 2.45) is 0 Å². The zero-order chi connectivity index (χ0) is 0. The maximum atomic E-state index is 0. The van der Waals surface area contributed by atoms with Crippen molar-refractivity contribution < 1.29 is 1020 Å². The van der Waals surface area contributed by atoms with E-state index in [1.807, 2.05) is 0 Å². The summed E-state index contributed by atoms with van der Waals surface area (Å²) in [7, 11) is 0. The van der Waals surface area contributed by atoms with Crippen LogP contribution in [-0.4, -0.2) is 0 Å². The van der Waals surface area contributed by atoms with Gasteiger partial charge in [-0.05, 0) is 0 Å². The van der Waals surface area contributed by atoms with Crippen LogP contribution in [0.15, 0.2) is 0 Å². The van der Waals surface area contributed by atoms with Gasteiger partial charge in [-0.15, -0.1) is 0 Å². The van der Waals surface area contributed by atoms with E-state index in [0.717, 1.165) is 0 Å². The molecule has 0 bridgehead atoms. The van der Waals surface area contributed by atoms with Crippen LogP contribution in [0.1, 0.15) is 0 Å². The molecule has 0 N–H and O–H groups in total. The van der Waals surface area contributed by atoms with Crippen LogP contribution in [0.4, 0.5) is 0 Å². The fourth-order valence-corrected chi connectivity index (χ4v) is 0. The summed E-state index contributed by atoms with van der Waals surface area (Å²) >= 11 is 0. The molecule has 61 radical (unpaired) electrons. The second kappa shape index (κ2) is 770. The SMILES string of the molecule is [Co].[Co].[Co].[Co].[Co].[Co].[Co].[Co].[Co].[Co].[Co].[Co].[Co].[Co].[Co].[Co].[Co].[Co].[Co].[Co].[Co].[Co].[Co].[Co].[Co].[Co].[Co].[Co].[Co].[Co].[Co].[Co].[Co].[Co].[Co].[Co].[Co].[Co].[Co].[Co].[Co].[Co].[Co].[Co].[Co].[Co].[Co].[Co].[Co].[Co].[Co].[Co].[Co].[Co].[Co].[Co].[Co].[Co].[Co].[Co].[Co]. The van der Waals surface area contributed by atoms with E-state index in [1.54, 1.807) is 0 Å². The van der Waals surface area contributed by atoms with Crippen molar-refractivity contribution in [3.63, 3.8) is 0 Å². The zero-order valence-electron chi connectivity index (χ0n) is 20.3. The molecule has 0 atom stereocenters. The Labute approximate surface area is 997 Å². The summed E-state index contributed by atoms with van der Waals surface area (Å²) in [6.45, 7) is 0. The molecule has 0 heterocycles. The van der Waals surface area contributed by atoms with Crippen LogP contribution in [-0.2, 0) is 1020 Å². The number of hydrogen-bond acceptors (Lipinski definition) is 0. The third kappa shape index (κ3) is 752. The Hall–Kier alpha value is 30.9. The molecule has 0 spiro atoms. The van der Waals surface area contributed by atoms with E-state index >= 15 is 0 Å². The van der Waals surface area contributed by atoms with Gasteiger partial charge in [0.25, 0.3) is 0 Å². The molecule has 0 saturated carbocycles. The maximum absolute atomic E-state index is 0. The van der Waals surface area contributed by atoms with Gasteiger partial charge in [0.1, 0.15) is 0 Å². The summed E-state index contributed by atoms with van der Waals surface area (Å²) in [5.41, 5.74) is 0. The van der Waals surface area contributed by atoms with Crippen molar-refractivity contribution in [3.05, 3.63) is 0 Å². The summed E-state index contributed by atoms with van der Waals surface area (Å²) < 4.78 is 0. The van der Waals surface area contributed by atoms with Gasteiger partial charge in [0.15, 0.2) is 0 Å². The summed E-state index contributed by atoms with van der Waals surface area (Å²) in [6, 6.07) is 0. The Bertz CT molecular complexity index is 0. The van der Waals surface area contributed by atoms with Crippen LogP contribution < -0.4 is 0 Å². The third-order valence-electron chi connectivity index (χ3n) is 0. The Morgan fingerprint density at radius 1 is 0.0164 bits per heavy atom. The van der Waals surface area contributed by atoms with Crippen LogP contribution in [0.2, 0.25) is 0 Å². The van der Waals surface area contributed by atoms with Gasteiger partial charge < -0.3 is 0 Å². The summed E-state index contributed by atoms with van der Waals surface area (Å²) in [6.07, 6.45) is 0. The van der Waals surface area contributed by atoms with Crippen molar-refractivity contribution in [1.82, 2.24) is 0 Å². The predicted octanol–water partition coefficient (Wildman–Crippen LogP) is -0.153. The molecule has 0 unspecified atom stereocenters.